The van der Waals surface area contributed by atoms with E-state index in [0.29, 0.717) is 54.4 Å². The van der Waals surface area contributed by atoms with E-state index < -0.39 is 11.7 Å². The van der Waals surface area contributed by atoms with Crippen LogP contribution in [0.1, 0.15) is 10.4 Å². The predicted molar refractivity (Wildman–Crippen MR) is 115 cm³/mol. The zero-order valence-corrected chi connectivity index (χ0v) is 17.2. The van der Waals surface area contributed by atoms with Crippen LogP contribution in [-0.4, -0.2) is 60.2 Å². The summed E-state index contributed by atoms with van der Waals surface area (Å²) in [5.41, 5.74) is 1.39. The number of ether oxygens (including phenoxy) is 3. The van der Waals surface area contributed by atoms with Gasteiger partial charge in [0.25, 0.3) is 11.7 Å². The number of carbonyl (C=O) groups is 3. The largest absolute Gasteiger partial charge is 0.454 e. The number of aromatic nitrogens is 1. The van der Waals surface area contributed by atoms with Crippen LogP contribution in [0.25, 0.3) is 10.9 Å². The number of morpholine rings is 1. The first-order valence-corrected chi connectivity index (χ1v) is 10.3. The molecule has 1 saturated heterocycles. The highest BCUT2D eigenvalue weighted by molar-refractivity contribution is 6.48. The molecule has 0 saturated carbocycles. The summed E-state index contributed by atoms with van der Waals surface area (Å²) in [6.07, 6.45) is 1.57. The monoisotopic (exact) mass is 435 g/mol. The summed E-state index contributed by atoms with van der Waals surface area (Å²) in [6, 6.07) is 12.1. The molecule has 9 heteroatoms. The van der Waals surface area contributed by atoms with Gasteiger partial charge in [0.2, 0.25) is 12.7 Å². The van der Waals surface area contributed by atoms with Crippen molar-refractivity contribution in [3.8, 4) is 11.5 Å². The van der Waals surface area contributed by atoms with Gasteiger partial charge < -0.3 is 29.0 Å². The van der Waals surface area contributed by atoms with Crippen molar-refractivity contribution in [3.05, 3.63) is 54.2 Å². The van der Waals surface area contributed by atoms with Gasteiger partial charge in [-0.15, -0.1) is 0 Å². The lowest BCUT2D eigenvalue weighted by Gasteiger charge is -2.27. The summed E-state index contributed by atoms with van der Waals surface area (Å²) < 4.78 is 17.6. The van der Waals surface area contributed by atoms with Gasteiger partial charge in [-0.05, 0) is 18.2 Å². The molecular formula is C23H21N3O6. The highest BCUT2D eigenvalue weighted by Crippen LogP contribution is 2.34. The van der Waals surface area contributed by atoms with Gasteiger partial charge in [-0.1, -0.05) is 18.2 Å². The van der Waals surface area contributed by atoms with E-state index in [1.165, 1.54) is 0 Å². The van der Waals surface area contributed by atoms with Crippen molar-refractivity contribution in [1.29, 1.82) is 0 Å². The summed E-state index contributed by atoms with van der Waals surface area (Å²) in [5.74, 6) is -0.420. The molecule has 32 heavy (non-hydrogen) atoms. The molecule has 0 atom stereocenters. The Balaban J connectivity index is 1.37. The molecule has 0 aliphatic carbocycles. The fourth-order valence-electron chi connectivity index (χ4n) is 3.90. The molecule has 0 unspecified atom stereocenters. The third-order valence-electron chi connectivity index (χ3n) is 5.54. The Morgan fingerprint density at radius 3 is 2.59 bits per heavy atom. The fourth-order valence-corrected chi connectivity index (χ4v) is 3.90. The zero-order chi connectivity index (χ0) is 22.1. The molecule has 0 spiro atoms. The van der Waals surface area contributed by atoms with Gasteiger partial charge in [0.1, 0.15) is 6.54 Å². The number of anilines is 1. The van der Waals surface area contributed by atoms with Crippen LogP contribution in [0.5, 0.6) is 11.5 Å². The first-order valence-electron chi connectivity index (χ1n) is 10.3. The van der Waals surface area contributed by atoms with Crippen LogP contribution in [0, 0.1) is 0 Å². The Bertz CT molecular complexity index is 1210. The average Bonchev–Trinajstić information content (AvgIpc) is 3.44. The van der Waals surface area contributed by atoms with Crippen molar-refractivity contribution >= 4 is 34.2 Å². The second-order valence-corrected chi connectivity index (χ2v) is 7.53. The Labute approximate surface area is 183 Å². The Hall–Kier alpha value is -3.85. The second kappa shape index (κ2) is 8.35. The molecule has 0 bridgehead atoms. The molecule has 3 aromatic rings. The minimum atomic E-state index is -0.772. The lowest BCUT2D eigenvalue weighted by atomic mass is 10.1. The smallest absolute Gasteiger partial charge is 0.296 e. The summed E-state index contributed by atoms with van der Waals surface area (Å²) in [4.78, 5) is 40.2. The molecule has 9 nitrogen and oxygen atoms in total. The van der Waals surface area contributed by atoms with Crippen molar-refractivity contribution in [3.63, 3.8) is 0 Å². The third-order valence-corrected chi connectivity index (χ3v) is 5.54. The highest BCUT2D eigenvalue weighted by Gasteiger charge is 2.24. The van der Waals surface area contributed by atoms with Crippen molar-refractivity contribution < 1.29 is 28.6 Å². The van der Waals surface area contributed by atoms with Gasteiger partial charge in [0.15, 0.2) is 11.5 Å². The second-order valence-electron chi connectivity index (χ2n) is 7.53. The molecular weight excluding hydrogens is 414 g/mol. The number of rotatable bonds is 5. The summed E-state index contributed by atoms with van der Waals surface area (Å²) in [6.45, 7) is 2.32. The molecule has 1 N–H and O–H groups in total. The quantitative estimate of drug-likeness (QED) is 0.487. The van der Waals surface area contributed by atoms with Crippen molar-refractivity contribution in [1.82, 2.24) is 9.47 Å². The Morgan fingerprint density at radius 1 is 0.969 bits per heavy atom. The number of benzene rings is 2. The van der Waals surface area contributed by atoms with Crippen molar-refractivity contribution in [2.45, 2.75) is 6.54 Å². The lowest BCUT2D eigenvalue weighted by Crippen LogP contribution is -2.42. The van der Waals surface area contributed by atoms with Crippen LogP contribution in [0.4, 0.5) is 5.69 Å². The first kappa shape index (κ1) is 20.1. The Morgan fingerprint density at radius 2 is 1.75 bits per heavy atom. The number of amides is 2. The minimum absolute atomic E-state index is 0.0575. The molecule has 2 aliphatic rings. The van der Waals surface area contributed by atoms with Gasteiger partial charge >= 0.3 is 0 Å². The number of Topliss-reactive ketones (excluding diaryl/α,β-unsaturated/α-hetero) is 1. The average molecular weight is 435 g/mol. The molecule has 1 fully saturated rings. The zero-order valence-electron chi connectivity index (χ0n) is 17.2. The number of para-hydroxylation sites is 1. The maximum Gasteiger partial charge on any atom is 0.296 e. The summed E-state index contributed by atoms with van der Waals surface area (Å²) >= 11 is 0. The molecule has 2 aliphatic heterocycles. The molecule has 2 aromatic carbocycles. The van der Waals surface area contributed by atoms with E-state index in [-0.39, 0.29) is 24.8 Å². The molecule has 164 valence electrons. The number of carbonyl (C=O) groups excluding carboxylic acids is 3. The standard InChI is InChI=1S/C23H21N3O6/c27-21(25-7-9-30-10-8-25)13-26-12-17(16-3-1-2-4-18(16)26)22(28)23(29)24-15-5-6-19-20(11-15)32-14-31-19/h1-6,11-12H,7-10,13-14H2,(H,24,29). The molecule has 5 rings (SSSR count). The van der Waals surface area contributed by atoms with Crippen LogP contribution in [0.15, 0.2) is 48.7 Å². The minimum Gasteiger partial charge on any atom is -0.454 e. The van der Waals surface area contributed by atoms with Crippen LogP contribution >= 0.6 is 0 Å². The molecule has 1 aromatic heterocycles. The van der Waals surface area contributed by atoms with Crippen LogP contribution < -0.4 is 14.8 Å². The van der Waals surface area contributed by atoms with E-state index in [2.05, 4.69) is 5.32 Å². The van der Waals surface area contributed by atoms with Crippen LogP contribution in [0.3, 0.4) is 0 Å². The first-order chi connectivity index (χ1) is 15.6. The topological polar surface area (TPSA) is 99.1 Å². The van der Waals surface area contributed by atoms with Gasteiger partial charge in [0.05, 0.1) is 18.8 Å². The van der Waals surface area contributed by atoms with E-state index in [1.807, 2.05) is 12.1 Å². The fraction of sp³-hybridized carbons (Fsp3) is 0.261. The van der Waals surface area contributed by atoms with E-state index in [0.717, 1.165) is 0 Å². The molecule has 3 heterocycles. The maximum atomic E-state index is 13.0. The lowest BCUT2D eigenvalue weighted by molar-refractivity contribution is -0.135. The summed E-state index contributed by atoms with van der Waals surface area (Å²) in [7, 11) is 0. The van der Waals surface area contributed by atoms with E-state index in [1.54, 1.807) is 46.0 Å². The van der Waals surface area contributed by atoms with Crippen LogP contribution in [0.2, 0.25) is 0 Å². The van der Waals surface area contributed by atoms with Crippen molar-refractivity contribution in [2.75, 3.05) is 38.4 Å². The normalized spacial score (nSPS) is 15.1. The van der Waals surface area contributed by atoms with Gasteiger partial charge in [-0.25, -0.2) is 0 Å². The van der Waals surface area contributed by atoms with Gasteiger partial charge in [0, 0.05) is 41.9 Å². The Kier molecular flexibility index (Phi) is 5.24. The number of hydrogen-bond acceptors (Lipinski definition) is 6. The van der Waals surface area contributed by atoms with Crippen LogP contribution in [-0.2, 0) is 20.9 Å². The van der Waals surface area contributed by atoms with Crippen molar-refractivity contribution in [2.24, 2.45) is 0 Å². The number of ketones is 1. The van der Waals surface area contributed by atoms with Gasteiger partial charge in [-0.2, -0.15) is 0 Å². The van der Waals surface area contributed by atoms with Gasteiger partial charge in [-0.3, -0.25) is 14.4 Å². The SMILES string of the molecule is O=C(Nc1ccc2c(c1)OCO2)C(=O)c1cn(CC(=O)N2CCOCC2)c2ccccc12. The molecule has 0 radical (unpaired) electrons. The number of nitrogens with zero attached hydrogens (tertiary/aromatic N) is 2. The van der Waals surface area contributed by atoms with E-state index >= 15 is 0 Å². The number of hydrogen-bond donors (Lipinski definition) is 1. The highest BCUT2D eigenvalue weighted by atomic mass is 16.7. The van der Waals surface area contributed by atoms with E-state index in [9.17, 15) is 14.4 Å². The maximum absolute atomic E-state index is 13.0. The number of nitrogens with one attached hydrogen (secondary N) is 1. The molecule has 2 amide bonds. The number of fused-ring (bicyclic) bond motifs is 2. The summed E-state index contributed by atoms with van der Waals surface area (Å²) in [5, 5.41) is 3.23. The van der Waals surface area contributed by atoms with E-state index in [4.69, 9.17) is 14.2 Å². The third kappa shape index (κ3) is 3.78. The predicted octanol–water partition coefficient (Wildman–Crippen LogP) is 2.05.